The standard InChI is InChI=1S/C47H42N2S/c1-3-5-17-32(4-2)34-23-15-29-43-46(34)47-44(30-31-50-47)49(43)40-26-13-10-21-37(40)36-20-9-12-25-39(36)48-41-27-14-11-22-38(41)45-35(24-16-28-42(45)48)33-18-7-6-8-19-33/h3-7,9-13,15-18,20-26,28-29,38,41H,2,8,14,19,27,30-31H2,1H3/b5-3-,32-17+. The van der Waals surface area contributed by atoms with Crippen LogP contribution in [-0.2, 0) is 6.42 Å². The predicted molar refractivity (Wildman–Crippen MR) is 216 cm³/mol. The summed E-state index contributed by atoms with van der Waals surface area (Å²) in [6.45, 7) is 6.27. The molecule has 9 rings (SSSR count). The largest absolute Gasteiger partial charge is 0.337 e. The summed E-state index contributed by atoms with van der Waals surface area (Å²) in [5, 5.41) is 1.34. The Bertz CT molecular complexity index is 2310. The Kier molecular flexibility index (Phi) is 8.09. The minimum atomic E-state index is 0.381. The molecule has 0 fully saturated rings. The topological polar surface area (TPSA) is 8.17 Å². The first-order chi connectivity index (χ1) is 24.8. The maximum Gasteiger partial charge on any atom is 0.0549 e. The third kappa shape index (κ3) is 4.94. The molecule has 3 heterocycles. The van der Waals surface area contributed by atoms with Gasteiger partial charge in [0, 0.05) is 56.2 Å². The molecule has 0 saturated carbocycles. The van der Waals surface area contributed by atoms with E-state index in [1.807, 2.05) is 17.8 Å². The molecule has 2 aliphatic carbocycles. The highest BCUT2D eigenvalue weighted by atomic mass is 32.2. The van der Waals surface area contributed by atoms with Crippen LogP contribution in [0.3, 0.4) is 0 Å². The van der Waals surface area contributed by atoms with Gasteiger partial charge in [0.1, 0.15) is 0 Å². The summed E-state index contributed by atoms with van der Waals surface area (Å²) < 4.78 is 2.57. The second kappa shape index (κ2) is 13.0. The van der Waals surface area contributed by atoms with Crippen molar-refractivity contribution in [2.75, 3.05) is 10.7 Å². The molecule has 0 N–H and O–H groups in total. The minimum absolute atomic E-state index is 0.381. The highest BCUT2D eigenvalue weighted by molar-refractivity contribution is 7.99. The number of nitrogens with zero attached hydrogens (tertiary/aromatic N) is 2. The molecule has 2 atom stereocenters. The van der Waals surface area contributed by atoms with E-state index in [4.69, 9.17) is 0 Å². The van der Waals surface area contributed by atoms with Crippen LogP contribution in [-0.4, -0.2) is 16.4 Å². The van der Waals surface area contributed by atoms with E-state index in [9.17, 15) is 0 Å². The van der Waals surface area contributed by atoms with Crippen molar-refractivity contribution in [3.63, 3.8) is 0 Å². The third-order valence-corrected chi connectivity index (χ3v) is 12.1. The number of benzene rings is 4. The van der Waals surface area contributed by atoms with Crippen molar-refractivity contribution in [3.05, 3.63) is 169 Å². The lowest BCUT2D eigenvalue weighted by atomic mass is 9.82. The van der Waals surface area contributed by atoms with Crippen LogP contribution in [0, 0.1) is 0 Å². The summed E-state index contributed by atoms with van der Waals surface area (Å²) in [5.41, 5.74) is 15.9. The number of hydrogen-bond acceptors (Lipinski definition) is 2. The smallest absolute Gasteiger partial charge is 0.0549 e. The maximum absolute atomic E-state index is 4.20. The molecule has 0 saturated heterocycles. The molecule has 246 valence electrons. The number of para-hydroxylation sites is 2. The summed E-state index contributed by atoms with van der Waals surface area (Å²) >= 11 is 2.00. The fraction of sp³-hybridized carbons (Fsp3) is 0.191. The van der Waals surface area contributed by atoms with Gasteiger partial charge in [-0.3, -0.25) is 0 Å². The van der Waals surface area contributed by atoms with Gasteiger partial charge in [-0.25, -0.2) is 0 Å². The van der Waals surface area contributed by atoms with Crippen molar-refractivity contribution >= 4 is 45.2 Å². The Hall–Kier alpha value is -4.99. The molecule has 0 bridgehead atoms. The van der Waals surface area contributed by atoms with Crippen molar-refractivity contribution < 1.29 is 0 Å². The lowest BCUT2D eigenvalue weighted by Gasteiger charge is -2.33. The van der Waals surface area contributed by atoms with Crippen LogP contribution in [0.15, 0.2) is 151 Å². The number of rotatable bonds is 7. The van der Waals surface area contributed by atoms with Crippen LogP contribution < -0.4 is 4.90 Å². The summed E-state index contributed by atoms with van der Waals surface area (Å²) in [6, 6.07) is 32.4. The molecule has 2 unspecified atom stereocenters. The van der Waals surface area contributed by atoms with Crippen LogP contribution in [0.2, 0.25) is 0 Å². The second-order valence-corrected chi connectivity index (χ2v) is 14.8. The van der Waals surface area contributed by atoms with E-state index >= 15 is 0 Å². The van der Waals surface area contributed by atoms with Crippen molar-refractivity contribution in [1.29, 1.82) is 0 Å². The van der Waals surface area contributed by atoms with Crippen molar-refractivity contribution in [1.82, 2.24) is 4.57 Å². The summed E-state index contributed by atoms with van der Waals surface area (Å²) in [5.74, 6) is 1.48. The first-order valence-corrected chi connectivity index (χ1v) is 19.2. The van der Waals surface area contributed by atoms with E-state index in [-0.39, 0.29) is 0 Å². The molecule has 50 heavy (non-hydrogen) atoms. The average Bonchev–Trinajstić information content (AvgIpc) is 3.87. The molecule has 0 amide bonds. The van der Waals surface area contributed by atoms with E-state index in [2.05, 4.69) is 157 Å². The maximum atomic E-state index is 4.20. The van der Waals surface area contributed by atoms with E-state index in [0.29, 0.717) is 12.0 Å². The Morgan fingerprint density at radius 2 is 1.60 bits per heavy atom. The van der Waals surface area contributed by atoms with Crippen molar-refractivity contribution in [2.45, 2.75) is 55.9 Å². The van der Waals surface area contributed by atoms with Gasteiger partial charge in [-0.2, -0.15) is 0 Å². The van der Waals surface area contributed by atoms with Gasteiger partial charge in [-0.05, 0) is 91.1 Å². The molecular weight excluding hydrogens is 625 g/mol. The van der Waals surface area contributed by atoms with Gasteiger partial charge in [0.05, 0.1) is 11.2 Å². The molecule has 4 aromatic carbocycles. The number of allylic oxidation sites excluding steroid dienone is 10. The Labute approximate surface area is 300 Å². The quantitative estimate of drug-likeness (QED) is 0.126. The number of anilines is 2. The van der Waals surface area contributed by atoms with Crippen molar-refractivity contribution in [3.8, 4) is 16.8 Å². The number of aromatic nitrogens is 1. The lowest BCUT2D eigenvalue weighted by Crippen LogP contribution is -2.31. The highest BCUT2D eigenvalue weighted by Gasteiger charge is 2.41. The highest BCUT2D eigenvalue weighted by Crippen LogP contribution is 2.54. The summed E-state index contributed by atoms with van der Waals surface area (Å²) in [4.78, 5) is 4.11. The van der Waals surface area contributed by atoms with Crippen LogP contribution >= 0.6 is 11.8 Å². The zero-order valence-corrected chi connectivity index (χ0v) is 29.5. The molecule has 1 aromatic heterocycles. The number of hydrogen-bond donors (Lipinski definition) is 0. The number of thioether (sulfide) groups is 1. The van der Waals surface area contributed by atoms with E-state index in [1.165, 1.54) is 71.9 Å². The first kappa shape index (κ1) is 31.0. The lowest BCUT2D eigenvalue weighted by molar-refractivity contribution is 0.565. The van der Waals surface area contributed by atoms with Gasteiger partial charge in [-0.15, -0.1) is 11.8 Å². The van der Waals surface area contributed by atoms with Crippen molar-refractivity contribution in [2.24, 2.45) is 0 Å². The second-order valence-electron chi connectivity index (χ2n) is 13.7. The van der Waals surface area contributed by atoms with Crippen LogP contribution in [0.25, 0.3) is 38.9 Å². The molecule has 0 radical (unpaired) electrons. The number of fused-ring (bicyclic) bond motifs is 6. The predicted octanol–water partition coefficient (Wildman–Crippen LogP) is 12.8. The van der Waals surface area contributed by atoms with E-state index in [0.717, 1.165) is 43.4 Å². The van der Waals surface area contributed by atoms with E-state index in [1.54, 1.807) is 0 Å². The fourth-order valence-electron chi connectivity index (χ4n) is 8.88. The Morgan fingerprint density at radius 1 is 0.820 bits per heavy atom. The summed E-state index contributed by atoms with van der Waals surface area (Å²) in [7, 11) is 0. The summed E-state index contributed by atoms with van der Waals surface area (Å²) in [6.07, 6.45) is 25.7. The molecule has 5 aromatic rings. The molecule has 2 aliphatic heterocycles. The van der Waals surface area contributed by atoms with Gasteiger partial charge in [0.2, 0.25) is 0 Å². The third-order valence-electron chi connectivity index (χ3n) is 11.0. The zero-order valence-electron chi connectivity index (χ0n) is 28.7. The molecule has 3 heteroatoms. The zero-order chi connectivity index (χ0) is 33.6. The van der Waals surface area contributed by atoms with Crippen LogP contribution in [0.5, 0.6) is 0 Å². The molecule has 2 nitrogen and oxygen atoms in total. The van der Waals surface area contributed by atoms with Gasteiger partial charge in [0.15, 0.2) is 0 Å². The monoisotopic (exact) mass is 666 g/mol. The van der Waals surface area contributed by atoms with Gasteiger partial charge in [0.25, 0.3) is 0 Å². The Balaban J connectivity index is 1.24. The van der Waals surface area contributed by atoms with Gasteiger partial charge < -0.3 is 9.47 Å². The molecular formula is C47H42N2S. The normalized spacial score (nSPS) is 19.6. The van der Waals surface area contributed by atoms with Crippen LogP contribution in [0.4, 0.5) is 11.4 Å². The molecule has 4 aliphatic rings. The fourth-order valence-corrected chi connectivity index (χ4v) is 10.1. The van der Waals surface area contributed by atoms with Gasteiger partial charge in [-0.1, -0.05) is 122 Å². The van der Waals surface area contributed by atoms with Crippen LogP contribution in [0.1, 0.15) is 60.9 Å². The average molecular weight is 667 g/mol. The van der Waals surface area contributed by atoms with E-state index < -0.39 is 0 Å². The SMILES string of the molecule is C=C/C(=C\C=C/C)c1cccc2c1c1c(n2-c2ccccc2-c2ccccc2N2c3cccc(C4=CC=CCC4)c3C3C=CCCC32)CCS1. The molecule has 0 spiro atoms. The Morgan fingerprint density at radius 3 is 2.42 bits per heavy atom. The minimum Gasteiger partial charge on any atom is -0.337 e. The first-order valence-electron chi connectivity index (χ1n) is 18.2. The van der Waals surface area contributed by atoms with Gasteiger partial charge >= 0.3 is 0 Å².